The summed E-state index contributed by atoms with van der Waals surface area (Å²) < 4.78 is 6.50. The monoisotopic (exact) mass is 357 g/mol. The van der Waals surface area contributed by atoms with Crippen LogP contribution in [0, 0.1) is 11.8 Å². The molecule has 4 nitrogen and oxygen atoms in total. The van der Waals surface area contributed by atoms with E-state index in [-0.39, 0.29) is 17.1 Å². The number of hydrogen-bond donors (Lipinski definition) is 2. The van der Waals surface area contributed by atoms with Gasteiger partial charge < -0.3 is 14.9 Å². The van der Waals surface area contributed by atoms with Gasteiger partial charge in [-0.25, -0.2) is 0 Å². The van der Waals surface area contributed by atoms with Crippen molar-refractivity contribution < 1.29 is 14.9 Å². The second kappa shape index (κ2) is 5.70. The maximum atomic E-state index is 10.7. The van der Waals surface area contributed by atoms with Gasteiger partial charge in [0, 0.05) is 25.1 Å². The smallest absolute Gasteiger partial charge is 0.115 e. The number of rotatable bonds is 3. The van der Waals surface area contributed by atoms with E-state index in [9.17, 15) is 10.2 Å². The molecule has 1 unspecified atom stereocenters. The molecule has 3 aliphatic carbocycles. The number of likely N-dealkylation sites (tertiary alicyclic amines) is 1. The third-order valence-corrected chi connectivity index (χ3v) is 8.00. The molecule has 4 aliphatic rings. The van der Waals surface area contributed by atoms with E-state index in [1.807, 2.05) is 19.2 Å². The first-order valence-electron chi connectivity index (χ1n) is 10.3. The highest BCUT2D eigenvalue weighted by Crippen LogP contribution is 2.62. The number of phenols is 1. The van der Waals surface area contributed by atoms with E-state index in [4.69, 9.17) is 4.74 Å². The van der Waals surface area contributed by atoms with Gasteiger partial charge in [-0.05, 0) is 80.2 Å². The van der Waals surface area contributed by atoms with Crippen LogP contribution in [0.5, 0.6) is 5.75 Å². The molecule has 1 aromatic carbocycles. The van der Waals surface area contributed by atoms with E-state index in [0.29, 0.717) is 17.7 Å². The predicted molar refractivity (Wildman–Crippen MR) is 100 cm³/mol. The van der Waals surface area contributed by atoms with Gasteiger partial charge in [0.05, 0.1) is 11.7 Å². The normalized spacial score (nSPS) is 42.2. The Morgan fingerprint density at radius 2 is 2.12 bits per heavy atom. The molecule has 2 bridgehead atoms. The van der Waals surface area contributed by atoms with E-state index in [0.717, 1.165) is 38.1 Å². The summed E-state index contributed by atoms with van der Waals surface area (Å²) in [6.07, 6.45) is 5.98. The van der Waals surface area contributed by atoms with E-state index in [1.54, 1.807) is 0 Å². The minimum atomic E-state index is -0.294. The van der Waals surface area contributed by atoms with Crippen molar-refractivity contribution >= 4 is 0 Å². The fourth-order valence-electron chi connectivity index (χ4n) is 6.92. The zero-order valence-electron chi connectivity index (χ0n) is 15.9. The first-order valence-corrected chi connectivity index (χ1v) is 10.3. The number of benzene rings is 1. The zero-order valence-corrected chi connectivity index (χ0v) is 15.9. The van der Waals surface area contributed by atoms with Crippen molar-refractivity contribution in [2.45, 2.75) is 68.6 Å². The fourth-order valence-corrected chi connectivity index (χ4v) is 6.92. The van der Waals surface area contributed by atoms with Crippen LogP contribution in [0.1, 0.15) is 50.2 Å². The molecule has 3 fully saturated rings. The lowest BCUT2D eigenvalue weighted by atomic mass is 9.46. The molecule has 2 N–H and O–H groups in total. The summed E-state index contributed by atoms with van der Waals surface area (Å²) in [4.78, 5) is 2.70. The minimum absolute atomic E-state index is 0.199. The largest absolute Gasteiger partial charge is 0.508 e. The molecule has 2 saturated carbocycles. The molecule has 0 spiro atoms. The number of aromatic hydroxyl groups is 1. The van der Waals surface area contributed by atoms with Crippen LogP contribution >= 0.6 is 0 Å². The molecule has 1 saturated heterocycles. The van der Waals surface area contributed by atoms with Crippen molar-refractivity contribution in [2.75, 3.05) is 20.2 Å². The van der Waals surface area contributed by atoms with Crippen molar-refractivity contribution in [1.29, 1.82) is 0 Å². The SMILES string of the molecule is CO[C@@]12[C@@H](C)CC(O)C[C@@]13CCN(CC1CC1)[C@@H]2Cc1ccc(O)cc13. The van der Waals surface area contributed by atoms with Gasteiger partial charge in [0.1, 0.15) is 5.75 Å². The number of fused-ring (bicyclic) bond motifs is 1. The highest BCUT2D eigenvalue weighted by molar-refractivity contribution is 5.49. The molecular weight excluding hydrogens is 326 g/mol. The first kappa shape index (κ1) is 17.0. The fraction of sp³-hybridized carbons (Fsp3) is 0.727. The van der Waals surface area contributed by atoms with Gasteiger partial charge in [-0.1, -0.05) is 13.0 Å². The lowest BCUT2D eigenvalue weighted by Gasteiger charge is -2.68. The second-order valence-electron chi connectivity index (χ2n) is 9.32. The lowest BCUT2D eigenvalue weighted by molar-refractivity contribution is -0.225. The van der Waals surface area contributed by atoms with Crippen LogP contribution in [0.25, 0.3) is 0 Å². The number of ether oxygens (including phenoxy) is 1. The van der Waals surface area contributed by atoms with Crippen LogP contribution in [0.3, 0.4) is 0 Å². The van der Waals surface area contributed by atoms with E-state index in [2.05, 4.69) is 17.9 Å². The minimum Gasteiger partial charge on any atom is -0.508 e. The van der Waals surface area contributed by atoms with Crippen molar-refractivity contribution in [3.63, 3.8) is 0 Å². The van der Waals surface area contributed by atoms with Gasteiger partial charge in [0.2, 0.25) is 0 Å². The summed E-state index contributed by atoms with van der Waals surface area (Å²) in [6, 6.07) is 6.24. The Hall–Kier alpha value is -1.10. The zero-order chi connectivity index (χ0) is 18.1. The molecule has 26 heavy (non-hydrogen) atoms. The summed E-state index contributed by atoms with van der Waals surface area (Å²) in [5.41, 5.74) is 2.09. The van der Waals surface area contributed by atoms with Crippen LogP contribution in [0.15, 0.2) is 18.2 Å². The van der Waals surface area contributed by atoms with Crippen molar-refractivity contribution in [3.8, 4) is 5.75 Å². The Kier molecular flexibility index (Phi) is 3.73. The quantitative estimate of drug-likeness (QED) is 0.873. The average molecular weight is 357 g/mol. The number of piperidine rings is 1. The summed E-state index contributed by atoms with van der Waals surface area (Å²) in [6.45, 7) is 4.53. The van der Waals surface area contributed by atoms with Gasteiger partial charge in [0.15, 0.2) is 0 Å². The van der Waals surface area contributed by atoms with Gasteiger partial charge in [-0.15, -0.1) is 0 Å². The molecule has 4 heteroatoms. The maximum absolute atomic E-state index is 10.7. The molecule has 5 rings (SSSR count). The van der Waals surface area contributed by atoms with Gasteiger partial charge in [-0.2, -0.15) is 0 Å². The highest BCUT2D eigenvalue weighted by Gasteiger charge is 2.68. The summed E-state index contributed by atoms with van der Waals surface area (Å²) in [5, 5.41) is 20.9. The van der Waals surface area contributed by atoms with Gasteiger partial charge in [-0.3, -0.25) is 4.90 Å². The van der Waals surface area contributed by atoms with E-state index in [1.165, 1.54) is 30.5 Å². The van der Waals surface area contributed by atoms with Crippen LogP contribution < -0.4 is 0 Å². The van der Waals surface area contributed by atoms with Gasteiger partial charge >= 0.3 is 0 Å². The Labute approximate surface area is 156 Å². The Morgan fingerprint density at radius 3 is 2.85 bits per heavy atom. The topological polar surface area (TPSA) is 52.9 Å². The van der Waals surface area contributed by atoms with Crippen LogP contribution in [-0.2, 0) is 16.6 Å². The first-order chi connectivity index (χ1) is 12.5. The third-order valence-electron chi connectivity index (χ3n) is 8.00. The average Bonchev–Trinajstić information content (AvgIpc) is 3.42. The number of phenolic OH excluding ortho intramolecular Hbond substituents is 1. The number of aliphatic hydroxyl groups excluding tert-OH is 1. The van der Waals surface area contributed by atoms with E-state index < -0.39 is 0 Å². The molecule has 142 valence electrons. The standard InChI is InChI=1S/C22H31NO3/c1-14-9-18(25)12-21-7-8-23(13-15-3-4-15)20(22(14,21)26-2)10-16-5-6-17(24)11-19(16)21/h5-6,11,14-15,18,20,24-25H,3-4,7-10,12-13H2,1-2H3/t14-,18?,20+,21+,22+/m0/s1. The second-order valence-corrected chi connectivity index (χ2v) is 9.32. The predicted octanol–water partition coefficient (Wildman–Crippen LogP) is 2.85. The number of methoxy groups -OCH3 is 1. The Morgan fingerprint density at radius 1 is 1.31 bits per heavy atom. The van der Waals surface area contributed by atoms with Crippen molar-refractivity contribution in [2.24, 2.45) is 11.8 Å². The Balaban J connectivity index is 1.70. The van der Waals surface area contributed by atoms with E-state index >= 15 is 0 Å². The van der Waals surface area contributed by atoms with Crippen molar-refractivity contribution in [1.82, 2.24) is 4.90 Å². The number of aliphatic hydroxyl groups is 1. The molecule has 1 aliphatic heterocycles. The molecule has 0 aromatic heterocycles. The number of nitrogens with zero attached hydrogens (tertiary/aromatic N) is 1. The molecule has 1 aromatic rings. The summed E-state index contributed by atoms with van der Waals surface area (Å²) >= 11 is 0. The molecule has 1 heterocycles. The van der Waals surface area contributed by atoms with Gasteiger partial charge in [0.25, 0.3) is 0 Å². The number of hydrogen-bond acceptors (Lipinski definition) is 4. The molecule has 5 atom stereocenters. The third kappa shape index (κ3) is 2.12. The molecule has 0 radical (unpaired) electrons. The molecule has 0 amide bonds. The van der Waals surface area contributed by atoms with Crippen molar-refractivity contribution in [3.05, 3.63) is 29.3 Å². The molecular formula is C22H31NO3. The summed E-state index contributed by atoms with van der Waals surface area (Å²) in [5.74, 6) is 1.48. The van der Waals surface area contributed by atoms with Crippen LogP contribution in [0.2, 0.25) is 0 Å². The van der Waals surface area contributed by atoms with Crippen LogP contribution in [-0.4, -0.2) is 53.1 Å². The maximum Gasteiger partial charge on any atom is 0.115 e. The Bertz CT molecular complexity index is 717. The summed E-state index contributed by atoms with van der Waals surface area (Å²) in [7, 11) is 1.88. The van der Waals surface area contributed by atoms with Crippen LogP contribution in [0.4, 0.5) is 0 Å². The highest BCUT2D eigenvalue weighted by atomic mass is 16.5. The lowest BCUT2D eigenvalue weighted by Crippen LogP contribution is -2.76.